The van der Waals surface area contributed by atoms with E-state index in [9.17, 15) is 4.79 Å². The van der Waals surface area contributed by atoms with Crippen molar-refractivity contribution in [1.29, 1.82) is 0 Å². The standard InChI is InChI=1S/C19H33N2O2/c1-19(2,3)23-18(22)17(21(4,5)6)13-10-14-20-15-16-11-8-7-9-12-16/h7-9,11-12,17,20H,10,13-15H2,1-6H3/q+1. The Kier molecular flexibility index (Phi) is 7.23. The summed E-state index contributed by atoms with van der Waals surface area (Å²) in [6.07, 6.45) is 1.77. The van der Waals surface area contributed by atoms with Gasteiger partial charge in [0.25, 0.3) is 0 Å². The summed E-state index contributed by atoms with van der Waals surface area (Å²) in [6, 6.07) is 10.2. The Hall–Kier alpha value is -1.39. The lowest BCUT2D eigenvalue weighted by Gasteiger charge is -2.34. The monoisotopic (exact) mass is 321 g/mol. The van der Waals surface area contributed by atoms with Crippen LogP contribution in [0.3, 0.4) is 0 Å². The summed E-state index contributed by atoms with van der Waals surface area (Å²) in [5.41, 5.74) is 0.846. The zero-order valence-electron chi connectivity index (χ0n) is 15.6. The normalized spacial score (nSPS) is 13.7. The molecule has 0 radical (unpaired) electrons. The second-order valence-corrected chi connectivity index (χ2v) is 7.97. The summed E-state index contributed by atoms with van der Waals surface area (Å²) in [5.74, 6) is -0.104. The predicted molar refractivity (Wildman–Crippen MR) is 95.0 cm³/mol. The van der Waals surface area contributed by atoms with Crippen LogP contribution in [0.5, 0.6) is 0 Å². The van der Waals surface area contributed by atoms with Gasteiger partial charge in [-0.3, -0.25) is 0 Å². The summed E-state index contributed by atoms with van der Waals surface area (Å²) in [6.45, 7) is 7.51. The SMILES string of the molecule is CC(C)(C)OC(=O)C(CCCNCc1ccccc1)[N+](C)(C)C. The fourth-order valence-corrected chi connectivity index (χ4v) is 2.44. The Balaban J connectivity index is 2.41. The lowest BCUT2D eigenvalue weighted by atomic mass is 10.1. The molecule has 0 fully saturated rings. The fraction of sp³-hybridized carbons (Fsp3) is 0.632. The number of carbonyl (C=O) groups is 1. The zero-order chi connectivity index (χ0) is 17.5. The number of hydrogen-bond donors (Lipinski definition) is 1. The maximum absolute atomic E-state index is 12.4. The first-order chi connectivity index (χ1) is 10.6. The number of nitrogens with zero attached hydrogens (tertiary/aromatic N) is 1. The molecule has 0 aliphatic heterocycles. The highest BCUT2D eigenvalue weighted by atomic mass is 16.6. The summed E-state index contributed by atoms with van der Waals surface area (Å²) >= 11 is 0. The first-order valence-corrected chi connectivity index (χ1v) is 8.38. The van der Waals surface area contributed by atoms with E-state index in [0.717, 1.165) is 25.9 Å². The van der Waals surface area contributed by atoms with E-state index >= 15 is 0 Å². The van der Waals surface area contributed by atoms with Crippen LogP contribution in [0.2, 0.25) is 0 Å². The van der Waals surface area contributed by atoms with Crippen LogP contribution in [0.1, 0.15) is 39.2 Å². The number of esters is 1. The average Bonchev–Trinajstić information content (AvgIpc) is 2.40. The molecule has 130 valence electrons. The quantitative estimate of drug-likeness (QED) is 0.454. The fourth-order valence-electron chi connectivity index (χ4n) is 2.44. The number of likely N-dealkylation sites (N-methyl/N-ethyl adjacent to an activating group) is 1. The van der Waals surface area contributed by atoms with Crippen molar-refractivity contribution in [3.8, 4) is 0 Å². The largest absolute Gasteiger partial charge is 0.456 e. The van der Waals surface area contributed by atoms with Gasteiger partial charge < -0.3 is 14.5 Å². The maximum Gasteiger partial charge on any atom is 0.365 e. The Labute approximate surface area is 141 Å². The molecule has 1 N–H and O–H groups in total. The Morgan fingerprint density at radius 1 is 1.17 bits per heavy atom. The van der Waals surface area contributed by atoms with Crippen molar-refractivity contribution in [3.63, 3.8) is 0 Å². The van der Waals surface area contributed by atoms with E-state index in [1.54, 1.807) is 0 Å². The number of carbonyl (C=O) groups excluding carboxylic acids is 1. The smallest absolute Gasteiger partial charge is 0.365 e. The molecule has 0 aliphatic carbocycles. The average molecular weight is 321 g/mol. The van der Waals surface area contributed by atoms with Gasteiger partial charge in [0.1, 0.15) is 5.60 Å². The van der Waals surface area contributed by atoms with Gasteiger partial charge in [-0.15, -0.1) is 0 Å². The molecule has 1 aromatic rings. The lowest BCUT2D eigenvalue weighted by molar-refractivity contribution is -0.887. The third-order valence-electron chi connectivity index (χ3n) is 3.62. The Morgan fingerprint density at radius 2 is 1.78 bits per heavy atom. The molecular formula is C19H33N2O2+. The minimum Gasteiger partial charge on any atom is -0.456 e. The number of nitrogens with one attached hydrogen (secondary N) is 1. The van der Waals surface area contributed by atoms with Crippen LogP contribution in [-0.2, 0) is 16.1 Å². The highest BCUT2D eigenvalue weighted by Crippen LogP contribution is 2.16. The molecule has 0 bridgehead atoms. The Bertz CT molecular complexity index is 472. The van der Waals surface area contributed by atoms with Crippen LogP contribution < -0.4 is 5.32 Å². The van der Waals surface area contributed by atoms with Gasteiger partial charge in [-0.1, -0.05) is 30.3 Å². The van der Waals surface area contributed by atoms with Crippen LogP contribution >= 0.6 is 0 Å². The van der Waals surface area contributed by atoms with Crippen LogP contribution in [0.15, 0.2) is 30.3 Å². The second kappa shape index (κ2) is 8.46. The Morgan fingerprint density at radius 3 is 2.30 bits per heavy atom. The van der Waals surface area contributed by atoms with Gasteiger partial charge in [0.2, 0.25) is 0 Å². The van der Waals surface area contributed by atoms with Gasteiger partial charge >= 0.3 is 5.97 Å². The van der Waals surface area contributed by atoms with E-state index in [0.29, 0.717) is 4.48 Å². The summed E-state index contributed by atoms with van der Waals surface area (Å²) < 4.78 is 6.17. The van der Waals surface area contributed by atoms with E-state index in [1.807, 2.05) is 60.1 Å². The van der Waals surface area contributed by atoms with Gasteiger partial charge in [0.15, 0.2) is 6.04 Å². The molecule has 1 aromatic carbocycles. The number of hydrogen-bond acceptors (Lipinski definition) is 3. The van der Waals surface area contributed by atoms with Crippen LogP contribution in [0.25, 0.3) is 0 Å². The second-order valence-electron chi connectivity index (χ2n) is 7.97. The van der Waals surface area contributed by atoms with E-state index < -0.39 is 5.60 Å². The van der Waals surface area contributed by atoms with Crippen molar-refractivity contribution in [2.45, 2.75) is 51.8 Å². The lowest BCUT2D eigenvalue weighted by Crippen LogP contribution is -2.51. The molecule has 4 heteroatoms. The van der Waals surface area contributed by atoms with Crippen molar-refractivity contribution in [1.82, 2.24) is 5.32 Å². The minimum atomic E-state index is -0.434. The van der Waals surface area contributed by atoms with Crippen LogP contribution in [-0.4, -0.2) is 49.8 Å². The first kappa shape index (κ1) is 19.7. The molecule has 0 heterocycles. The van der Waals surface area contributed by atoms with Crippen molar-refractivity contribution in [3.05, 3.63) is 35.9 Å². The van der Waals surface area contributed by atoms with Crippen molar-refractivity contribution >= 4 is 5.97 Å². The number of quaternary nitrogens is 1. The third kappa shape index (κ3) is 8.14. The molecule has 0 spiro atoms. The van der Waals surface area contributed by atoms with Crippen LogP contribution in [0.4, 0.5) is 0 Å². The van der Waals surface area contributed by atoms with E-state index in [4.69, 9.17) is 4.74 Å². The maximum atomic E-state index is 12.4. The predicted octanol–water partition coefficient (Wildman–Crippen LogP) is 2.97. The van der Waals surface area contributed by atoms with Crippen molar-refractivity contribution < 1.29 is 14.0 Å². The molecule has 0 saturated heterocycles. The summed E-state index contributed by atoms with van der Waals surface area (Å²) in [4.78, 5) is 12.4. The number of rotatable bonds is 8. The molecule has 23 heavy (non-hydrogen) atoms. The molecule has 0 saturated carbocycles. The molecule has 1 atom stereocenters. The zero-order valence-corrected chi connectivity index (χ0v) is 15.6. The van der Waals surface area contributed by atoms with Crippen LogP contribution in [0, 0.1) is 0 Å². The molecule has 0 amide bonds. The molecule has 0 aliphatic rings. The first-order valence-electron chi connectivity index (χ1n) is 8.38. The highest BCUT2D eigenvalue weighted by molar-refractivity contribution is 5.74. The van der Waals surface area contributed by atoms with Crippen molar-refractivity contribution in [2.75, 3.05) is 27.7 Å². The van der Waals surface area contributed by atoms with Crippen molar-refractivity contribution in [2.24, 2.45) is 0 Å². The summed E-state index contributed by atoms with van der Waals surface area (Å²) in [7, 11) is 6.14. The molecule has 1 unspecified atom stereocenters. The van der Waals surface area contributed by atoms with E-state index in [1.165, 1.54) is 5.56 Å². The summed E-state index contributed by atoms with van der Waals surface area (Å²) in [5, 5.41) is 3.44. The topological polar surface area (TPSA) is 38.3 Å². The number of ether oxygens (including phenoxy) is 1. The third-order valence-corrected chi connectivity index (χ3v) is 3.62. The van der Waals surface area contributed by atoms with Gasteiger partial charge in [-0.05, 0) is 39.3 Å². The molecule has 4 nitrogen and oxygen atoms in total. The number of benzene rings is 1. The van der Waals surface area contributed by atoms with Gasteiger partial charge in [0, 0.05) is 13.0 Å². The molecular weight excluding hydrogens is 288 g/mol. The highest BCUT2D eigenvalue weighted by Gasteiger charge is 2.34. The van der Waals surface area contributed by atoms with E-state index in [-0.39, 0.29) is 12.0 Å². The van der Waals surface area contributed by atoms with E-state index in [2.05, 4.69) is 17.4 Å². The van der Waals surface area contributed by atoms with Gasteiger partial charge in [-0.2, -0.15) is 0 Å². The van der Waals surface area contributed by atoms with Gasteiger partial charge in [0.05, 0.1) is 21.1 Å². The van der Waals surface area contributed by atoms with Gasteiger partial charge in [-0.25, -0.2) is 4.79 Å². The minimum absolute atomic E-state index is 0.104. The molecule has 1 rings (SSSR count). The molecule has 0 aromatic heterocycles.